The summed E-state index contributed by atoms with van der Waals surface area (Å²) in [5.74, 6) is 0. The monoisotopic (exact) mass is 240 g/mol. The first-order valence-corrected chi connectivity index (χ1v) is 6.95. The minimum Gasteiger partial charge on any atom is -0.389 e. The molecule has 0 bridgehead atoms. The fourth-order valence-electron chi connectivity index (χ4n) is 2.53. The van der Waals surface area contributed by atoms with Crippen molar-refractivity contribution in [2.24, 2.45) is 0 Å². The van der Waals surface area contributed by atoms with Gasteiger partial charge in [-0.2, -0.15) is 0 Å². The van der Waals surface area contributed by atoms with Crippen molar-refractivity contribution in [2.75, 3.05) is 6.61 Å². The van der Waals surface area contributed by atoms with E-state index in [-0.39, 0.29) is 18.5 Å². The summed E-state index contributed by atoms with van der Waals surface area (Å²) in [6.45, 7) is 2.98. The second-order valence-electron chi connectivity index (χ2n) is 5.07. The fraction of sp³-hybridized carbons (Fsp3) is 0.857. The second-order valence-corrected chi connectivity index (χ2v) is 5.07. The summed E-state index contributed by atoms with van der Waals surface area (Å²) in [6, 6.07) is 0. The minimum atomic E-state index is -0.296. The van der Waals surface area contributed by atoms with Crippen LogP contribution in [0.1, 0.15) is 51.9 Å². The van der Waals surface area contributed by atoms with E-state index in [0.29, 0.717) is 6.42 Å². The highest BCUT2D eigenvalue weighted by Crippen LogP contribution is 2.28. The first-order chi connectivity index (χ1) is 8.29. The lowest BCUT2D eigenvalue weighted by Crippen LogP contribution is -2.26. The predicted octanol–water partition coefficient (Wildman–Crippen LogP) is 2.78. The second kappa shape index (κ2) is 6.53. The van der Waals surface area contributed by atoms with Crippen molar-refractivity contribution in [1.29, 1.82) is 0 Å². The highest BCUT2D eigenvalue weighted by Gasteiger charge is 2.27. The van der Waals surface area contributed by atoms with Crippen LogP contribution in [-0.4, -0.2) is 30.2 Å². The lowest BCUT2D eigenvalue weighted by atomic mass is 10.1. The summed E-state index contributed by atoms with van der Waals surface area (Å²) < 4.78 is 11.4. The Kier molecular flexibility index (Phi) is 5.01. The molecule has 1 unspecified atom stereocenters. The summed E-state index contributed by atoms with van der Waals surface area (Å²) >= 11 is 0. The summed E-state index contributed by atoms with van der Waals surface area (Å²) in [4.78, 5) is 0. The topological polar surface area (TPSA) is 38.7 Å². The van der Waals surface area contributed by atoms with E-state index in [2.05, 4.69) is 13.0 Å². The molecule has 0 amide bonds. The number of aliphatic hydroxyl groups excluding tert-OH is 1. The predicted molar refractivity (Wildman–Crippen MR) is 66.7 cm³/mol. The van der Waals surface area contributed by atoms with Gasteiger partial charge in [-0.05, 0) is 37.7 Å². The molecule has 2 rings (SSSR count). The highest BCUT2D eigenvalue weighted by molar-refractivity contribution is 5.18. The molecular weight excluding hydrogens is 216 g/mol. The zero-order valence-corrected chi connectivity index (χ0v) is 10.7. The standard InChI is InChI=1S/C14H24O3/c1-2-3-6-11-9-12(10-13(11)15)17-14-7-4-5-8-16-14/h9,12-15H,2-8,10H2,1H3/t12-,13+,14?/m1/s1. The van der Waals surface area contributed by atoms with Crippen molar-refractivity contribution in [3.63, 3.8) is 0 Å². The molecule has 98 valence electrons. The lowest BCUT2D eigenvalue weighted by molar-refractivity contribution is -0.179. The van der Waals surface area contributed by atoms with Crippen LogP contribution < -0.4 is 0 Å². The van der Waals surface area contributed by atoms with Crippen molar-refractivity contribution in [2.45, 2.75) is 70.4 Å². The van der Waals surface area contributed by atoms with Gasteiger partial charge >= 0.3 is 0 Å². The summed E-state index contributed by atoms with van der Waals surface area (Å²) in [5.41, 5.74) is 1.16. The van der Waals surface area contributed by atoms with Crippen molar-refractivity contribution in [1.82, 2.24) is 0 Å². The van der Waals surface area contributed by atoms with E-state index in [9.17, 15) is 5.11 Å². The molecule has 1 saturated heterocycles. The van der Waals surface area contributed by atoms with Crippen LogP contribution in [0.15, 0.2) is 11.6 Å². The number of aliphatic hydroxyl groups is 1. The van der Waals surface area contributed by atoms with E-state index < -0.39 is 0 Å². The van der Waals surface area contributed by atoms with Gasteiger partial charge in [-0.3, -0.25) is 0 Å². The largest absolute Gasteiger partial charge is 0.389 e. The SMILES string of the molecule is CCCCC1=C[C@@H](OC2CCCCO2)C[C@@H]1O. The zero-order valence-electron chi connectivity index (χ0n) is 10.7. The molecular formula is C14H24O3. The molecule has 1 aliphatic heterocycles. The van der Waals surface area contributed by atoms with Crippen LogP contribution in [0, 0.1) is 0 Å². The van der Waals surface area contributed by atoms with Crippen LogP contribution in [0.2, 0.25) is 0 Å². The molecule has 1 heterocycles. The van der Waals surface area contributed by atoms with Crippen LogP contribution in [0.25, 0.3) is 0 Å². The Morgan fingerprint density at radius 3 is 3.06 bits per heavy atom. The molecule has 0 spiro atoms. The Morgan fingerprint density at radius 1 is 1.47 bits per heavy atom. The van der Waals surface area contributed by atoms with Crippen LogP contribution in [0.3, 0.4) is 0 Å². The van der Waals surface area contributed by atoms with Crippen molar-refractivity contribution in [3.05, 3.63) is 11.6 Å². The Labute approximate surface area is 104 Å². The van der Waals surface area contributed by atoms with Gasteiger partial charge in [-0.25, -0.2) is 0 Å². The van der Waals surface area contributed by atoms with Crippen molar-refractivity contribution in [3.8, 4) is 0 Å². The molecule has 0 aromatic rings. The number of hydrogen-bond acceptors (Lipinski definition) is 3. The zero-order chi connectivity index (χ0) is 12.1. The fourth-order valence-corrected chi connectivity index (χ4v) is 2.53. The van der Waals surface area contributed by atoms with Gasteiger partial charge in [0.2, 0.25) is 0 Å². The molecule has 0 aromatic carbocycles. The van der Waals surface area contributed by atoms with Crippen molar-refractivity contribution >= 4 is 0 Å². The third-order valence-corrected chi connectivity index (χ3v) is 3.57. The highest BCUT2D eigenvalue weighted by atomic mass is 16.7. The Bertz CT molecular complexity index is 256. The maximum absolute atomic E-state index is 9.93. The third-order valence-electron chi connectivity index (χ3n) is 3.57. The Hall–Kier alpha value is -0.380. The van der Waals surface area contributed by atoms with Crippen LogP contribution >= 0.6 is 0 Å². The molecule has 0 saturated carbocycles. The van der Waals surface area contributed by atoms with Gasteiger partial charge in [0.15, 0.2) is 6.29 Å². The minimum absolute atomic E-state index is 0.0530. The summed E-state index contributed by atoms with van der Waals surface area (Å²) in [5, 5.41) is 9.93. The van der Waals surface area contributed by atoms with Gasteiger partial charge in [0.1, 0.15) is 0 Å². The van der Waals surface area contributed by atoms with E-state index in [1.807, 2.05) is 0 Å². The number of ether oxygens (including phenoxy) is 2. The van der Waals surface area contributed by atoms with E-state index in [1.165, 1.54) is 12.8 Å². The van der Waals surface area contributed by atoms with Gasteiger partial charge in [-0.1, -0.05) is 19.4 Å². The first-order valence-electron chi connectivity index (χ1n) is 6.95. The average molecular weight is 240 g/mol. The quantitative estimate of drug-likeness (QED) is 0.751. The van der Waals surface area contributed by atoms with E-state index in [1.54, 1.807) is 0 Å². The maximum atomic E-state index is 9.93. The Balaban J connectivity index is 1.79. The smallest absolute Gasteiger partial charge is 0.158 e. The van der Waals surface area contributed by atoms with E-state index in [4.69, 9.17) is 9.47 Å². The van der Waals surface area contributed by atoms with Crippen molar-refractivity contribution < 1.29 is 14.6 Å². The van der Waals surface area contributed by atoms with Crippen LogP contribution in [0.5, 0.6) is 0 Å². The van der Waals surface area contributed by atoms with E-state index in [0.717, 1.165) is 37.9 Å². The van der Waals surface area contributed by atoms with Gasteiger partial charge in [0, 0.05) is 13.0 Å². The summed E-state index contributed by atoms with van der Waals surface area (Å²) in [7, 11) is 0. The van der Waals surface area contributed by atoms with Crippen LogP contribution in [-0.2, 0) is 9.47 Å². The molecule has 0 aromatic heterocycles. The molecule has 17 heavy (non-hydrogen) atoms. The molecule has 3 atom stereocenters. The number of hydrogen-bond donors (Lipinski definition) is 1. The van der Waals surface area contributed by atoms with Gasteiger partial charge in [-0.15, -0.1) is 0 Å². The third kappa shape index (κ3) is 3.80. The molecule has 0 radical (unpaired) electrons. The Morgan fingerprint density at radius 2 is 2.35 bits per heavy atom. The van der Waals surface area contributed by atoms with Gasteiger partial charge < -0.3 is 14.6 Å². The molecule has 1 fully saturated rings. The van der Waals surface area contributed by atoms with Crippen LogP contribution in [0.4, 0.5) is 0 Å². The molecule has 3 heteroatoms. The normalized spacial score (nSPS) is 33.8. The molecule has 3 nitrogen and oxygen atoms in total. The van der Waals surface area contributed by atoms with Gasteiger partial charge in [0.25, 0.3) is 0 Å². The van der Waals surface area contributed by atoms with E-state index >= 15 is 0 Å². The first kappa shape index (κ1) is 13.1. The maximum Gasteiger partial charge on any atom is 0.158 e. The molecule has 1 N–H and O–H groups in total. The average Bonchev–Trinajstić information content (AvgIpc) is 2.68. The lowest BCUT2D eigenvalue weighted by Gasteiger charge is -2.25. The van der Waals surface area contributed by atoms with Gasteiger partial charge in [0.05, 0.1) is 12.2 Å². The molecule has 2 aliphatic rings. The number of unbranched alkanes of at least 4 members (excludes halogenated alkanes) is 1. The summed E-state index contributed by atoms with van der Waals surface area (Å²) in [6.07, 6.45) is 9.16. The number of rotatable bonds is 5. The molecule has 1 aliphatic carbocycles.